The van der Waals surface area contributed by atoms with E-state index in [9.17, 15) is 24.5 Å². The van der Waals surface area contributed by atoms with Crippen LogP contribution in [0.25, 0.3) is 0 Å². The van der Waals surface area contributed by atoms with Crippen LogP contribution < -0.4 is 10.6 Å². The van der Waals surface area contributed by atoms with Gasteiger partial charge in [0.1, 0.15) is 5.54 Å². The summed E-state index contributed by atoms with van der Waals surface area (Å²) in [6.07, 6.45) is 0.575. The first kappa shape index (κ1) is 20.3. The summed E-state index contributed by atoms with van der Waals surface area (Å²) in [5.41, 5.74) is -0.0922. The second-order valence-corrected chi connectivity index (χ2v) is 9.23. The molecule has 0 atom stereocenters. The van der Waals surface area contributed by atoms with Crippen molar-refractivity contribution in [2.45, 2.75) is 34.5 Å². The maximum atomic E-state index is 12.9. The number of imide groups is 1. The van der Waals surface area contributed by atoms with Crippen LogP contribution in [-0.4, -0.2) is 51.3 Å². The summed E-state index contributed by atoms with van der Waals surface area (Å²) in [5, 5.41) is 18.3. The zero-order chi connectivity index (χ0) is 21.5. The fraction of sp³-hybridized carbons (Fsp3) is 0.333. The van der Waals surface area contributed by atoms with Crippen molar-refractivity contribution >= 4 is 46.6 Å². The topological polar surface area (TPSA) is 135 Å². The first-order valence-electron chi connectivity index (χ1n) is 9.09. The first-order valence-corrected chi connectivity index (χ1v) is 10.8. The van der Waals surface area contributed by atoms with Crippen LogP contribution in [-0.2, 0) is 4.79 Å². The number of nitrogens with zero attached hydrogens (tertiary/aromatic N) is 3. The van der Waals surface area contributed by atoms with E-state index in [4.69, 9.17) is 0 Å². The number of aryl methyl sites for hydroxylation is 1. The van der Waals surface area contributed by atoms with E-state index in [1.807, 2.05) is 12.3 Å². The molecule has 0 saturated carbocycles. The number of urea groups is 1. The molecule has 0 radical (unpaired) electrons. The zero-order valence-corrected chi connectivity index (χ0v) is 17.5. The van der Waals surface area contributed by atoms with Gasteiger partial charge in [0.05, 0.1) is 9.82 Å². The molecule has 1 aromatic carbocycles. The number of amides is 4. The number of nitro groups is 1. The lowest BCUT2D eigenvalue weighted by Gasteiger charge is -2.37. The molecule has 30 heavy (non-hydrogen) atoms. The second kappa shape index (κ2) is 7.69. The van der Waals surface area contributed by atoms with Crippen LogP contribution in [0.4, 0.5) is 10.5 Å². The highest BCUT2D eigenvalue weighted by Crippen LogP contribution is 2.37. The molecule has 1 spiro atoms. The van der Waals surface area contributed by atoms with Crippen molar-refractivity contribution in [1.29, 1.82) is 0 Å². The molecule has 2 fully saturated rings. The van der Waals surface area contributed by atoms with E-state index in [0.717, 1.165) is 5.69 Å². The Hall–Kier alpha value is -2.99. The van der Waals surface area contributed by atoms with Crippen LogP contribution in [0.5, 0.6) is 0 Å². The standard InChI is InChI=1S/C18H17N5O5S2/c1-10-9-29-17(19-10)30-13-3-2-11(8-12(13)23(27)28)14(24)22-6-4-18(5-7-22)15(25)20-16(26)21-18/h2-3,8-9H,4-7H2,1H3,(H2,20,21,25,26). The molecule has 12 heteroatoms. The third-order valence-corrected chi connectivity index (χ3v) is 7.24. The van der Waals surface area contributed by atoms with Gasteiger partial charge in [-0.1, -0.05) is 11.8 Å². The molecule has 10 nitrogen and oxygen atoms in total. The van der Waals surface area contributed by atoms with Gasteiger partial charge in [-0.25, -0.2) is 9.78 Å². The van der Waals surface area contributed by atoms with Crippen molar-refractivity contribution < 1.29 is 19.3 Å². The quantitative estimate of drug-likeness (QED) is 0.417. The Morgan fingerprint density at radius 1 is 1.33 bits per heavy atom. The molecule has 1 aromatic heterocycles. The Morgan fingerprint density at radius 2 is 2.07 bits per heavy atom. The van der Waals surface area contributed by atoms with Gasteiger partial charge in [-0.3, -0.25) is 25.0 Å². The summed E-state index contributed by atoms with van der Waals surface area (Å²) in [5.74, 6) is -0.728. The maximum Gasteiger partial charge on any atom is 0.322 e. The highest BCUT2D eigenvalue weighted by Gasteiger charge is 2.48. The molecule has 2 aliphatic heterocycles. The Bertz CT molecular complexity index is 1060. The lowest BCUT2D eigenvalue weighted by Crippen LogP contribution is -2.55. The van der Waals surface area contributed by atoms with Gasteiger partial charge in [-0.2, -0.15) is 0 Å². The number of likely N-dealkylation sites (tertiary alicyclic amines) is 1. The number of carbonyl (C=O) groups excluding carboxylic acids is 3. The van der Waals surface area contributed by atoms with E-state index in [1.165, 1.54) is 29.2 Å². The van der Waals surface area contributed by atoms with Crippen LogP contribution in [0.1, 0.15) is 28.9 Å². The molecular formula is C18H17N5O5S2. The van der Waals surface area contributed by atoms with Gasteiger partial charge in [0.25, 0.3) is 17.5 Å². The van der Waals surface area contributed by atoms with Gasteiger partial charge in [0.15, 0.2) is 4.34 Å². The smallest absolute Gasteiger partial charge is 0.322 e. The third kappa shape index (κ3) is 3.75. The number of thiazole rings is 1. The van der Waals surface area contributed by atoms with Crippen LogP contribution in [0.3, 0.4) is 0 Å². The molecule has 4 rings (SSSR count). The normalized spacial score (nSPS) is 17.7. The highest BCUT2D eigenvalue weighted by molar-refractivity contribution is 8.01. The van der Waals surface area contributed by atoms with Crippen LogP contribution in [0.15, 0.2) is 32.8 Å². The summed E-state index contributed by atoms with van der Waals surface area (Å²) in [4.78, 5) is 53.7. The number of benzene rings is 1. The monoisotopic (exact) mass is 447 g/mol. The Kier molecular flexibility index (Phi) is 5.20. The molecule has 2 aromatic rings. The molecule has 4 amide bonds. The summed E-state index contributed by atoms with van der Waals surface area (Å²) >= 11 is 2.59. The number of aromatic nitrogens is 1. The molecule has 3 heterocycles. The SMILES string of the molecule is Cc1csc(Sc2ccc(C(=O)N3CCC4(CC3)NC(=O)NC4=O)cc2[N+](=O)[O-])n1. The van der Waals surface area contributed by atoms with Crippen LogP contribution >= 0.6 is 23.1 Å². The number of carbonyl (C=O) groups is 3. The minimum atomic E-state index is -0.980. The van der Waals surface area contributed by atoms with Gasteiger partial charge < -0.3 is 10.2 Å². The van der Waals surface area contributed by atoms with Crippen molar-refractivity contribution in [1.82, 2.24) is 20.5 Å². The van der Waals surface area contributed by atoms with Crippen molar-refractivity contribution in [3.8, 4) is 0 Å². The number of nitrogens with one attached hydrogen (secondary N) is 2. The summed E-state index contributed by atoms with van der Waals surface area (Å²) in [6.45, 7) is 2.37. The number of rotatable bonds is 4. The van der Waals surface area contributed by atoms with E-state index in [1.54, 1.807) is 17.0 Å². The average molecular weight is 447 g/mol. The van der Waals surface area contributed by atoms with E-state index in [2.05, 4.69) is 15.6 Å². The number of hydrogen-bond donors (Lipinski definition) is 2. The predicted octanol–water partition coefficient (Wildman–Crippen LogP) is 2.33. The van der Waals surface area contributed by atoms with E-state index in [-0.39, 0.29) is 49.0 Å². The molecule has 2 aliphatic rings. The minimum absolute atomic E-state index is 0.158. The van der Waals surface area contributed by atoms with Crippen LogP contribution in [0, 0.1) is 17.0 Å². The molecule has 0 aliphatic carbocycles. The van der Waals surface area contributed by atoms with Gasteiger partial charge in [0, 0.05) is 35.8 Å². The maximum absolute atomic E-state index is 12.9. The van der Waals surface area contributed by atoms with Crippen molar-refractivity contribution in [2.24, 2.45) is 0 Å². The molecule has 2 saturated heterocycles. The molecule has 2 N–H and O–H groups in total. The lowest BCUT2D eigenvalue weighted by molar-refractivity contribution is -0.387. The Labute approximate surface area is 179 Å². The zero-order valence-electron chi connectivity index (χ0n) is 15.8. The molecular weight excluding hydrogens is 430 g/mol. The van der Waals surface area contributed by atoms with Crippen molar-refractivity contribution in [3.05, 3.63) is 45.0 Å². The van der Waals surface area contributed by atoms with E-state index < -0.39 is 16.5 Å². The van der Waals surface area contributed by atoms with Gasteiger partial charge in [-0.05, 0) is 31.9 Å². The number of hydrogen-bond acceptors (Lipinski definition) is 8. The summed E-state index contributed by atoms with van der Waals surface area (Å²) < 4.78 is 0.688. The highest BCUT2D eigenvalue weighted by atomic mass is 32.2. The number of piperidine rings is 1. The fourth-order valence-corrected chi connectivity index (χ4v) is 5.39. The first-order chi connectivity index (χ1) is 14.3. The molecule has 0 unspecified atom stereocenters. The number of nitro benzene ring substituents is 1. The fourth-order valence-electron chi connectivity index (χ4n) is 3.51. The summed E-state index contributed by atoms with van der Waals surface area (Å²) in [7, 11) is 0. The third-order valence-electron chi connectivity index (χ3n) is 5.12. The summed E-state index contributed by atoms with van der Waals surface area (Å²) in [6, 6.07) is 3.87. The lowest BCUT2D eigenvalue weighted by atomic mass is 9.87. The largest absolute Gasteiger partial charge is 0.338 e. The van der Waals surface area contributed by atoms with Gasteiger partial charge in [-0.15, -0.1) is 11.3 Å². The molecule has 156 valence electrons. The average Bonchev–Trinajstić information content (AvgIpc) is 3.24. The Balaban J connectivity index is 1.50. The van der Waals surface area contributed by atoms with E-state index >= 15 is 0 Å². The second-order valence-electron chi connectivity index (χ2n) is 7.08. The Morgan fingerprint density at radius 3 is 2.63 bits per heavy atom. The van der Waals surface area contributed by atoms with Crippen molar-refractivity contribution in [2.75, 3.05) is 13.1 Å². The minimum Gasteiger partial charge on any atom is -0.338 e. The molecule has 0 bridgehead atoms. The predicted molar refractivity (Wildman–Crippen MR) is 109 cm³/mol. The van der Waals surface area contributed by atoms with E-state index in [0.29, 0.717) is 9.24 Å². The van der Waals surface area contributed by atoms with Gasteiger partial charge in [0.2, 0.25) is 0 Å². The van der Waals surface area contributed by atoms with Crippen LogP contribution in [0.2, 0.25) is 0 Å². The van der Waals surface area contributed by atoms with Crippen molar-refractivity contribution in [3.63, 3.8) is 0 Å². The van der Waals surface area contributed by atoms with Gasteiger partial charge >= 0.3 is 6.03 Å².